The summed E-state index contributed by atoms with van der Waals surface area (Å²) in [4.78, 5) is 5.73. The lowest BCUT2D eigenvalue weighted by Gasteiger charge is -2.33. The van der Waals surface area contributed by atoms with Gasteiger partial charge in [0.15, 0.2) is 0 Å². The maximum Gasteiger partial charge on any atom is 0.149 e. The van der Waals surface area contributed by atoms with Crippen molar-refractivity contribution in [3.05, 3.63) is 156 Å². The summed E-state index contributed by atoms with van der Waals surface area (Å²) in [5.74, 6) is 0.930. The van der Waals surface area contributed by atoms with E-state index in [-0.39, 0.29) is 21.7 Å². The van der Waals surface area contributed by atoms with E-state index in [1.54, 1.807) is 0 Å². The molecular weight excluding hydrogens is 729 g/mol. The number of nitrogens with zero attached hydrogens (tertiary/aromatic N) is 2. The molecular formula is C57H50N2O. The molecule has 2 aliphatic rings. The van der Waals surface area contributed by atoms with Crippen molar-refractivity contribution in [3.8, 4) is 28.2 Å². The average Bonchev–Trinajstić information content (AvgIpc) is 3.90. The van der Waals surface area contributed by atoms with Crippen LogP contribution in [0.3, 0.4) is 0 Å². The summed E-state index contributed by atoms with van der Waals surface area (Å²) in [5.41, 5.74) is 14.5. The van der Waals surface area contributed by atoms with Crippen molar-refractivity contribution in [3.63, 3.8) is 0 Å². The number of benzene rings is 8. The summed E-state index contributed by atoms with van der Waals surface area (Å²) in [6.45, 7) is 19.9. The molecule has 294 valence electrons. The summed E-state index contributed by atoms with van der Waals surface area (Å²) in [7, 11) is 0. The van der Waals surface area contributed by atoms with Crippen molar-refractivity contribution >= 4 is 65.3 Å². The predicted molar refractivity (Wildman–Crippen MR) is 253 cm³/mol. The number of hydrogen-bond acceptors (Lipinski definition) is 2. The van der Waals surface area contributed by atoms with Crippen LogP contribution < -0.4 is 0 Å². The highest BCUT2D eigenvalue weighted by Crippen LogP contribution is 2.64. The monoisotopic (exact) mass is 778 g/mol. The van der Waals surface area contributed by atoms with Crippen molar-refractivity contribution < 1.29 is 4.42 Å². The van der Waals surface area contributed by atoms with Gasteiger partial charge in [0, 0.05) is 16.2 Å². The van der Waals surface area contributed by atoms with E-state index in [1.807, 2.05) is 0 Å². The molecule has 3 heteroatoms. The highest BCUT2D eigenvalue weighted by molar-refractivity contribution is 6.18. The minimum atomic E-state index is -0.123. The summed E-state index contributed by atoms with van der Waals surface area (Å²) in [5, 5.41) is 9.56. The molecule has 0 amide bonds. The molecule has 0 aliphatic heterocycles. The maximum absolute atomic E-state index is 7.13. The molecule has 0 saturated heterocycles. The molecule has 0 unspecified atom stereocenters. The molecule has 12 rings (SSSR count). The third-order valence-electron chi connectivity index (χ3n) is 14.4. The van der Waals surface area contributed by atoms with Crippen molar-refractivity contribution in [1.82, 2.24) is 9.55 Å². The van der Waals surface area contributed by atoms with Crippen LogP contribution in [0.1, 0.15) is 90.5 Å². The van der Waals surface area contributed by atoms with E-state index in [2.05, 4.69) is 193 Å². The van der Waals surface area contributed by atoms with Crippen LogP contribution in [-0.4, -0.2) is 9.55 Å². The van der Waals surface area contributed by atoms with Crippen LogP contribution in [0, 0.1) is 0 Å². The molecule has 10 aromatic rings. The van der Waals surface area contributed by atoms with Gasteiger partial charge in [0.1, 0.15) is 17.0 Å². The molecule has 0 N–H and O–H groups in total. The SMILES string of the molecule is CC1(C)CC(C)(C)c2c(-n3c(-c4cccc5c4oc4cc6c(ccc7ccccc76)cc45)nc4ccc5ccccc5c43)c3c(c(-c4ccccc4)c21)C(C)(C)CC3(C)C. The first-order valence-electron chi connectivity index (χ1n) is 21.7. The van der Waals surface area contributed by atoms with Gasteiger partial charge in [-0.05, 0) is 119 Å². The van der Waals surface area contributed by atoms with Crippen LogP contribution in [-0.2, 0) is 21.7 Å². The molecule has 3 nitrogen and oxygen atoms in total. The standard InChI is InChI=1S/C57H50N2O/c1-54(2)31-56(5,6)48-46(54)45(35-19-10-9-11-20-35)47-49(57(7,8)32-55(47,3)4)51(48)59-50-38-22-15-13-18-34(38)27-28-43(50)58-53(59)40-24-16-23-39-42-29-36-26-25-33-17-12-14-21-37(33)41(36)30-44(42)60-52(39)40/h9-30H,31-32H2,1-8H3. The zero-order valence-electron chi connectivity index (χ0n) is 35.9. The Kier molecular flexibility index (Phi) is 7.00. The number of hydrogen-bond donors (Lipinski definition) is 0. The number of para-hydroxylation sites is 1. The van der Waals surface area contributed by atoms with Crippen LogP contribution in [0.15, 0.2) is 138 Å². The highest BCUT2D eigenvalue weighted by atomic mass is 16.3. The van der Waals surface area contributed by atoms with Crippen LogP contribution in [0.25, 0.3) is 93.5 Å². The van der Waals surface area contributed by atoms with Gasteiger partial charge in [0.25, 0.3) is 0 Å². The molecule has 2 aliphatic carbocycles. The molecule has 0 fully saturated rings. The van der Waals surface area contributed by atoms with Crippen LogP contribution in [0.2, 0.25) is 0 Å². The van der Waals surface area contributed by atoms with E-state index in [0.29, 0.717) is 0 Å². The first-order valence-corrected chi connectivity index (χ1v) is 21.7. The maximum atomic E-state index is 7.13. The number of aromatic nitrogens is 2. The smallest absolute Gasteiger partial charge is 0.149 e. The minimum absolute atomic E-state index is 0.0693. The van der Waals surface area contributed by atoms with Gasteiger partial charge in [-0.2, -0.15) is 0 Å². The molecule has 0 spiro atoms. The Bertz CT molecular complexity index is 3420. The van der Waals surface area contributed by atoms with E-state index < -0.39 is 0 Å². The Hall–Kier alpha value is -6.19. The summed E-state index contributed by atoms with van der Waals surface area (Å²) in [6.07, 6.45) is 2.10. The lowest BCUT2D eigenvalue weighted by molar-refractivity contribution is 0.395. The third-order valence-corrected chi connectivity index (χ3v) is 14.4. The number of rotatable bonds is 3. The first-order chi connectivity index (χ1) is 28.7. The third kappa shape index (κ3) is 4.75. The normalized spacial score (nSPS) is 17.4. The molecule has 0 radical (unpaired) electrons. The molecule has 2 heterocycles. The zero-order chi connectivity index (χ0) is 41.1. The van der Waals surface area contributed by atoms with E-state index in [4.69, 9.17) is 9.40 Å². The van der Waals surface area contributed by atoms with Gasteiger partial charge in [0.05, 0.1) is 22.3 Å². The largest absolute Gasteiger partial charge is 0.455 e. The summed E-state index contributed by atoms with van der Waals surface area (Å²) in [6, 6.07) is 49.0. The second-order valence-corrected chi connectivity index (χ2v) is 20.5. The molecule has 2 aromatic heterocycles. The molecule has 0 bridgehead atoms. The van der Waals surface area contributed by atoms with Crippen LogP contribution in [0.5, 0.6) is 0 Å². The number of fused-ring (bicyclic) bond motifs is 11. The van der Waals surface area contributed by atoms with E-state index in [1.165, 1.54) is 71.4 Å². The Morgan fingerprint density at radius 1 is 0.483 bits per heavy atom. The van der Waals surface area contributed by atoms with Gasteiger partial charge in [-0.3, -0.25) is 4.57 Å². The Morgan fingerprint density at radius 2 is 1.05 bits per heavy atom. The number of imidazole rings is 1. The van der Waals surface area contributed by atoms with Crippen molar-refractivity contribution in [1.29, 1.82) is 0 Å². The van der Waals surface area contributed by atoms with Gasteiger partial charge in [0.2, 0.25) is 0 Å². The van der Waals surface area contributed by atoms with Crippen molar-refractivity contribution in [2.75, 3.05) is 0 Å². The van der Waals surface area contributed by atoms with E-state index in [9.17, 15) is 0 Å². The van der Waals surface area contributed by atoms with Gasteiger partial charge < -0.3 is 4.42 Å². The minimum Gasteiger partial charge on any atom is -0.455 e. The molecule has 60 heavy (non-hydrogen) atoms. The Labute approximate surface area is 351 Å². The van der Waals surface area contributed by atoms with Gasteiger partial charge in [-0.25, -0.2) is 4.98 Å². The van der Waals surface area contributed by atoms with Crippen molar-refractivity contribution in [2.45, 2.75) is 89.9 Å². The fourth-order valence-corrected chi connectivity index (χ4v) is 12.8. The van der Waals surface area contributed by atoms with Gasteiger partial charge in [-0.1, -0.05) is 165 Å². The fourth-order valence-electron chi connectivity index (χ4n) is 12.8. The second kappa shape index (κ2) is 11.8. The fraction of sp³-hybridized carbons (Fsp3) is 0.246. The lowest BCUT2D eigenvalue weighted by atomic mass is 9.73. The molecule has 0 atom stereocenters. The topological polar surface area (TPSA) is 31.0 Å². The quantitative estimate of drug-likeness (QED) is 0.167. The first kappa shape index (κ1) is 35.7. The average molecular weight is 779 g/mol. The zero-order valence-corrected chi connectivity index (χ0v) is 35.9. The summed E-state index contributed by atoms with van der Waals surface area (Å²) < 4.78 is 9.74. The molecule has 0 saturated carbocycles. The highest BCUT2D eigenvalue weighted by Gasteiger charge is 2.54. The van der Waals surface area contributed by atoms with E-state index in [0.717, 1.165) is 57.2 Å². The van der Waals surface area contributed by atoms with Gasteiger partial charge >= 0.3 is 0 Å². The molecule has 8 aromatic carbocycles. The van der Waals surface area contributed by atoms with E-state index >= 15 is 0 Å². The van der Waals surface area contributed by atoms with Crippen molar-refractivity contribution in [2.24, 2.45) is 0 Å². The van der Waals surface area contributed by atoms with Crippen LogP contribution in [0.4, 0.5) is 0 Å². The Balaban J connectivity index is 1.28. The number of furan rings is 1. The Morgan fingerprint density at radius 3 is 1.75 bits per heavy atom. The second-order valence-electron chi connectivity index (χ2n) is 20.5. The van der Waals surface area contributed by atoms with Crippen LogP contribution >= 0.6 is 0 Å². The summed E-state index contributed by atoms with van der Waals surface area (Å²) >= 11 is 0. The lowest BCUT2D eigenvalue weighted by Crippen LogP contribution is -2.23. The predicted octanol–water partition coefficient (Wildman–Crippen LogP) is 15.6. The van der Waals surface area contributed by atoms with Gasteiger partial charge in [-0.15, -0.1) is 0 Å².